The number of carbonyl (C=O) groups is 1. The molecule has 7 N–H and O–H groups in total. The molecule has 0 spiro atoms. The SMILES string of the molecule is Cc1c(N)cccc1-c1ccc(C(N)=O)c2[nH]c3cc(C(O)CO)ccc3c12. The predicted molar refractivity (Wildman–Crippen MR) is 111 cm³/mol. The molecule has 3 aromatic carbocycles. The lowest BCUT2D eigenvalue weighted by atomic mass is 9.93. The van der Waals surface area contributed by atoms with Crippen molar-refractivity contribution in [3.8, 4) is 11.1 Å². The van der Waals surface area contributed by atoms with Crippen molar-refractivity contribution in [3.05, 3.63) is 65.2 Å². The molecule has 1 amide bonds. The summed E-state index contributed by atoms with van der Waals surface area (Å²) in [5.74, 6) is -0.525. The molecule has 0 aliphatic rings. The number of amides is 1. The van der Waals surface area contributed by atoms with Crippen molar-refractivity contribution in [1.82, 2.24) is 4.98 Å². The van der Waals surface area contributed by atoms with Crippen LogP contribution in [0.15, 0.2) is 48.5 Å². The minimum atomic E-state index is -0.970. The molecule has 1 atom stereocenters. The van der Waals surface area contributed by atoms with Gasteiger partial charge in [-0.05, 0) is 47.4 Å². The van der Waals surface area contributed by atoms with Gasteiger partial charge in [0.05, 0.1) is 17.7 Å². The largest absolute Gasteiger partial charge is 0.398 e. The van der Waals surface area contributed by atoms with Crippen molar-refractivity contribution in [2.45, 2.75) is 13.0 Å². The molecule has 0 fully saturated rings. The van der Waals surface area contributed by atoms with Crippen molar-refractivity contribution < 1.29 is 15.0 Å². The quantitative estimate of drug-likeness (QED) is 0.352. The molecule has 6 nitrogen and oxygen atoms in total. The van der Waals surface area contributed by atoms with E-state index in [0.29, 0.717) is 22.3 Å². The molecule has 0 aliphatic carbocycles. The maximum absolute atomic E-state index is 12.0. The number of anilines is 1. The Balaban J connectivity index is 2.11. The number of primary amides is 1. The number of nitrogens with two attached hydrogens (primary N) is 2. The fourth-order valence-electron chi connectivity index (χ4n) is 3.72. The van der Waals surface area contributed by atoms with E-state index < -0.39 is 12.0 Å². The molecule has 0 radical (unpaired) electrons. The van der Waals surface area contributed by atoms with Crippen LogP contribution in [0.5, 0.6) is 0 Å². The van der Waals surface area contributed by atoms with E-state index in [-0.39, 0.29) is 6.61 Å². The van der Waals surface area contributed by atoms with Crippen molar-refractivity contribution in [2.24, 2.45) is 5.73 Å². The first-order valence-corrected chi connectivity index (χ1v) is 8.95. The highest BCUT2D eigenvalue weighted by molar-refractivity contribution is 6.20. The number of carbonyl (C=O) groups excluding carboxylic acids is 1. The second-order valence-electron chi connectivity index (χ2n) is 6.92. The van der Waals surface area contributed by atoms with Gasteiger partial charge in [-0.15, -0.1) is 0 Å². The summed E-state index contributed by atoms with van der Waals surface area (Å²) in [7, 11) is 0. The third kappa shape index (κ3) is 2.70. The number of nitrogen functional groups attached to an aromatic ring is 1. The highest BCUT2D eigenvalue weighted by Crippen LogP contribution is 2.39. The predicted octanol–water partition coefficient (Wildman–Crippen LogP) is 3.00. The lowest BCUT2D eigenvalue weighted by Crippen LogP contribution is -2.11. The highest BCUT2D eigenvalue weighted by atomic mass is 16.3. The summed E-state index contributed by atoms with van der Waals surface area (Å²) in [6.07, 6.45) is -0.970. The molecule has 6 heteroatoms. The zero-order valence-electron chi connectivity index (χ0n) is 15.4. The zero-order chi connectivity index (χ0) is 20.0. The lowest BCUT2D eigenvalue weighted by molar-refractivity contribution is 0.0957. The standard InChI is InChI=1S/C22H21N3O3/c1-11-13(3-2-4-17(11)23)14-7-8-16(22(24)28)21-20(14)15-6-5-12(19(27)10-26)9-18(15)25-21/h2-9,19,25-27H,10,23H2,1H3,(H2,24,28). The van der Waals surface area contributed by atoms with E-state index in [1.165, 1.54) is 0 Å². The van der Waals surface area contributed by atoms with Crippen LogP contribution in [-0.4, -0.2) is 27.7 Å². The van der Waals surface area contributed by atoms with Gasteiger partial charge in [0.25, 0.3) is 5.91 Å². The van der Waals surface area contributed by atoms with E-state index in [0.717, 1.165) is 33.0 Å². The minimum absolute atomic E-state index is 0.369. The molecule has 0 aliphatic heterocycles. The van der Waals surface area contributed by atoms with Gasteiger partial charge in [-0.25, -0.2) is 0 Å². The van der Waals surface area contributed by atoms with E-state index in [1.807, 2.05) is 37.3 Å². The smallest absolute Gasteiger partial charge is 0.250 e. The molecule has 142 valence electrons. The van der Waals surface area contributed by atoms with E-state index in [2.05, 4.69) is 4.98 Å². The number of rotatable bonds is 4. The van der Waals surface area contributed by atoms with E-state index in [4.69, 9.17) is 11.5 Å². The Labute approximate surface area is 161 Å². The number of benzene rings is 3. The highest BCUT2D eigenvalue weighted by Gasteiger charge is 2.18. The van der Waals surface area contributed by atoms with Crippen LogP contribution in [-0.2, 0) is 0 Å². The van der Waals surface area contributed by atoms with E-state index in [1.54, 1.807) is 18.2 Å². The summed E-state index contributed by atoms with van der Waals surface area (Å²) in [4.78, 5) is 15.3. The summed E-state index contributed by atoms with van der Waals surface area (Å²) >= 11 is 0. The van der Waals surface area contributed by atoms with Gasteiger partial charge in [-0.1, -0.05) is 30.3 Å². The van der Waals surface area contributed by atoms with Gasteiger partial charge in [-0.3, -0.25) is 4.79 Å². The minimum Gasteiger partial charge on any atom is -0.398 e. The molecule has 1 aromatic heterocycles. The van der Waals surface area contributed by atoms with Crippen molar-refractivity contribution in [3.63, 3.8) is 0 Å². The Morgan fingerprint density at radius 3 is 2.64 bits per heavy atom. The first-order chi connectivity index (χ1) is 13.4. The Kier molecular flexibility index (Phi) is 4.30. The normalized spacial score (nSPS) is 12.5. The van der Waals surface area contributed by atoms with Crippen molar-refractivity contribution in [2.75, 3.05) is 12.3 Å². The number of aliphatic hydroxyl groups is 2. The maximum atomic E-state index is 12.0. The van der Waals surface area contributed by atoms with Crippen LogP contribution in [0.2, 0.25) is 0 Å². The second-order valence-corrected chi connectivity index (χ2v) is 6.92. The van der Waals surface area contributed by atoms with Gasteiger partial charge in [0.2, 0.25) is 0 Å². The Morgan fingerprint density at radius 1 is 1.14 bits per heavy atom. The van der Waals surface area contributed by atoms with Crippen molar-refractivity contribution >= 4 is 33.4 Å². The molecule has 1 unspecified atom stereocenters. The van der Waals surface area contributed by atoms with Crippen LogP contribution in [0.25, 0.3) is 32.9 Å². The third-order valence-corrected chi connectivity index (χ3v) is 5.27. The molecule has 0 bridgehead atoms. The van der Waals surface area contributed by atoms with E-state index >= 15 is 0 Å². The maximum Gasteiger partial charge on any atom is 0.250 e. The van der Waals surface area contributed by atoms with Gasteiger partial charge in [0.1, 0.15) is 6.10 Å². The third-order valence-electron chi connectivity index (χ3n) is 5.27. The van der Waals surface area contributed by atoms with Crippen LogP contribution >= 0.6 is 0 Å². The number of aromatic nitrogens is 1. The molecular formula is C22H21N3O3. The van der Waals surface area contributed by atoms with E-state index in [9.17, 15) is 15.0 Å². The van der Waals surface area contributed by atoms with Crippen LogP contribution in [0.4, 0.5) is 5.69 Å². The fraction of sp³-hybridized carbons (Fsp3) is 0.136. The summed E-state index contributed by atoms with van der Waals surface area (Å²) in [5.41, 5.74) is 17.6. The molecule has 0 saturated heterocycles. The average molecular weight is 375 g/mol. The second kappa shape index (κ2) is 6.67. The van der Waals surface area contributed by atoms with Crippen LogP contribution in [0.3, 0.4) is 0 Å². The number of fused-ring (bicyclic) bond motifs is 3. The first-order valence-electron chi connectivity index (χ1n) is 8.95. The molecule has 0 saturated carbocycles. The Bertz CT molecular complexity index is 1230. The summed E-state index contributed by atoms with van der Waals surface area (Å²) in [6, 6.07) is 14.8. The number of H-pyrrole nitrogens is 1. The van der Waals surface area contributed by atoms with Gasteiger partial charge in [0, 0.05) is 22.0 Å². The first kappa shape index (κ1) is 18.0. The number of hydrogen-bond donors (Lipinski definition) is 5. The number of hydrogen-bond acceptors (Lipinski definition) is 4. The Morgan fingerprint density at radius 2 is 1.93 bits per heavy atom. The van der Waals surface area contributed by atoms with Gasteiger partial charge in [0.15, 0.2) is 0 Å². The molecule has 4 rings (SSSR count). The average Bonchev–Trinajstić information content (AvgIpc) is 3.07. The van der Waals surface area contributed by atoms with Gasteiger partial charge in [-0.2, -0.15) is 0 Å². The molecule has 1 heterocycles. The molecular weight excluding hydrogens is 354 g/mol. The topological polar surface area (TPSA) is 125 Å². The van der Waals surface area contributed by atoms with Gasteiger partial charge < -0.3 is 26.7 Å². The summed E-state index contributed by atoms with van der Waals surface area (Å²) in [6.45, 7) is 1.59. The number of aromatic amines is 1. The molecule has 4 aromatic rings. The van der Waals surface area contributed by atoms with Crippen molar-refractivity contribution in [1.29, 1.82) is 0 Å². The van der Waals surface area contributed by atoms with Crippen LogP contribution in [0, 0.1) is 6.92 Å². The Hall–Kier alpha value is -3.35. The number of aliphatic hydroxyl groups excluding tert-OH is 2. The van der Waals surface area contributed by atoms with Gasteiger partial charge >= 0.3 is 0 Å². The molecule has 28 heavy (non-hydrogen) atoms. The van der Waals surface area contributed by atoms with Crippen LogP contribution < -0.4 is 11.5 Å². The summed E-state index contributed by atoms with van der Waals surface area (Å²) in [5, 5.41) is 20.9. The zero-order valence-corrected chi connectivity index (χ0v) is 15.4. The monoisotopic (exact) mass is 375 g/mol. The summed E-state index contributed by atoms with van der Waals surface area (Å²) < 4.78 is 0. The lowest BCUT2D eigenvalue weighted by Gasteiger charge is -2.12. The number of nitrogens with one attached hydrogen (secondary N) is 1. The fourth-order valence-corrected chi connectivity index (χ4v) is 3.72. The van der Waals surface area contributed by atoms with Crippen LogP contribution in [0.1, 0.15) is 27.6 Å².